The maximum atomic E-state index is 2.23. The molecule has 0 N–H and O–H groups in total. The molecule has 0 atom stereocenters. The van der Waals surface area contributed by atoms with Gasteiger partial charge in [0.1, 0.15) is 0 Å². The monoisotopic (exact) mass is 246 g/mol. The Balaban J connectivity index is 2.14. The summed E-state index contributed by atoms with van der Waals surface area (Å²) in [5, 5.41) is 8.75. The molecule has 0 saturated carbocycles. The van der Waals surface area contributed by atoms with Crippen LogP contribution >= 0.6 is 22.7 Å². The molecule has 0 unspecified atom stereocenters. The summed E-state index contributed by atoms with van der Waals surface area (Å²) >= 11 is 4.10. The first-order valence-electron chi connectivity index (χ1n) is 3.17. The summed E-state index contributed by atoms with van der Waals surface area (Å²) in [4.78, 5) is 0. The van der Waals surface area contributed by atoms with Gasteiger partial charge >= 0.3 is 80.2 Å². The van der Waals surface area contributed by atoms with E-state index in [0.29, 0.717) is 15.0 Å². The van der Waals surface area contributed by atoms with Crippen molar-refractivity contribution < 1.29 is 0 Å². The van der Waals surface area contributed by atoms with Gasteiger partial charge in [0.2, 0.25) is 0 Å². The van der Waals surface area contributed by atoms with E-state index in [1.807, 2.05) is 0 Å². The Morgan fingerprint density at radius 3 is 1.82 bits per heavy atom. The second-order valence-electron chi connectivity index (χ2n) is 2.02. The fourth-order valence-electron chi connectivity index (χ4n) is 0.756. The average Bonchev–Trinajstić information content (AvgIpc) is 2.60. The van der Waals surface area contributed by atoms with Crippen LogP contribution in [-0.2, 0) is 0 Å². The maximum absolute atomic E-state index is 2.23. The summed E-state index contributed by atoms with van der Waals surface area (Å²) in [7, 11) is 0. The van der Waals surface area contributed by atoms with Gasteiger partial charge in [0.15, 0.2) is 0 Å². The van der Waals surface area contributed by atoms with Gasteiger partial charge in [0, 0.05) is 0 Å². The Bertz CT molecular complexity index is 264. The Labute approximate surface area is 80.0 Å². The van der Waals surface area contributed by atoms with E-state index in [2.05, 4.69) is 33.7 Å². The number of rotatable bonds is 2. The predicted octanol–water partition coefficient (Wildman–Crippen LogP) is 1.46. The molecule has 0 radical (unpaired) electrons. The Morgan fingerprint density at radius 2 is 1.45 bits per heavy atom. The molecule has 0 spiro atoms. The third-order valence-corrected chi connectivity index (χ3v) is 5.32. The van der Waals surface area contributed by atoms with Crippen LogP contribution in [0.5, 0.6) is 0 Å². The van der Waals surface area contributed by atoms with Gasteiger partial charge in [-0.05, 0) is 0 Å². The van der Waals surface area contributed by atoms with Crippen LogP contribution < -0.4 is 8.92 Å². The molecule has 0 aromatic carbocycles. The average molecular weight is 245 g/mol. The molecule has 0 nitrogen and oxygen atoms in total. The van der Waals surface area contributed by atoms with Crippen molar-refractivity contribution in [1.29, 1.82) is 0 Å². The van der Waals surface area contributed by atoms with Gasteiger partial charge < -0.3 is 0 Å². The topological polar surface area (TPSA) is 0 Å². The third kappa shape index (κ3) is 1.94. The van der Waals surface area contributed by atoms with Crippen molar-refractivity contribution in [2.24, 2.45) is 0 Å². The van der Waals surface area contributed by atoms with Crippen LogP contribution in [-0.4, -0.2) is 15.0 Å². The SMILES string of the molecule is c1cc([Se]c2ccsc2)cs1. The second-order valence-corrected chi connectivity index (χ2v) is 5.99. The quantitative estimate of drug-likeness (QED) is 0.703. The molecule has 11 heavy (non-hydrogen) atoms. The molecule has 0 fully saturated rings. The van der Waals surface area contributed by atoms with E-state index in [4.69, 9.17) is 0 Å². The summed E-state index contributed by atoms with van der Waals surface area (Å²) in [6.07, 6.45) is 0. The minimum atomic E-state index is 0.542. The molecule has 2 aromatic heterocycles. The van der Waals surface area contributed by atoms with Crippen LogP contribution in [0.1, 0.15) is 0 Å². The van der Waals surface area contributed by atoms with E-state index in [1.54, 1.807) is 22.7 Å². The second kappa shape index (κ2) is 3.55. The molecule has 56 valence electrons. The van der Waals surface area contributed by atoms with E-state index in [1.165, 1.54) is 8.92 Å². The van der Waals surface area contributed by atoms with Crippen molar-refractivity contribution in [3.63, 3.8) is 0 Å². The minimum absolute atomic E-state index is 0.542. The van der Waals surface area contributed by atoms with Crippen LogP contribution in [0.25, 0.3) is 0 Å². The van der Waals surface area contributed by atoms with Crippen LogP contribution in [0.3, 0.4) is 0 Å². The Kier molecular flexibility index (Phi) is 2.44. The third-order valence-electron chi connectivity index (χ3n) is 1.23. The summed E-state index contributed by atoms with van der Waals surface area (Å²) in [6.45, 7) is 0. The fraction of sp³-hybridized carbons (Fsp3) is 0. The number of hydrogen-bond donors (Lipinski definition) is 0. The zero-order valence-electron chi connectivity index (χ0n) is 5.69. The molecule has 0 aliphatic rings. The van der Waals surface area contributed by atoms with Gasteiger partial charge in [-0.3, -0.25) is 0 Å². The first-order chi connectivity index (χ1) is 5.45. The van der Waals surface area contributed by atoms with Crippen molar-refractivity contribution in [2.45, 2.75) is 0 Å². The molecule has 0 bridgehead atoms. The van der Waals surface area contributed by atoms with E-state index < -0.39 is 0 Å². The van der Waals surface area contributed by atoms with Gasteiger partial charge in [0.05, 0.1) is 0 Å². The zero-order valence-corrected chi connectivity index (χ0v) is 9.03. The van der Waals surface area contributed by atoms with Crippen LogP contribution in [0.15, 0.2) is 33.7 Å². The van der Waals surface area contributed by atoms with Crippen LogP contribution in [0.2, 0.25) is 0 Å². The summed E-state index contributed by atoms with van der Waals surface area (Å²) in [5.41, 5.74) is 0. The molecular weight excluding hydrogens is 239 g/mol. The van der Waals surface area contributed by atoms with Crippen molar-refractivity contribution in [1.82, 2.24) is 0 Å². The normalized spacial score (nSPS) is 10.2. The molecule has 0 aliphatic heterocycles. The Morgan fingerprint density at radius 1 is 0.909 bits per heavy atom. The summed E-state index contributed by atoms with van der Waals surface area (Å²) in [5.74, 6) is 0. The van der Waals surface area contributed by atoms with Crippen LogP contribution in [0.4, 0.5) is 0 Å². The molecule has 0 aliphatic carbocycles. The van der Waals surface area contributed by atoms with Crippen molar-refractivity contribution in [3.05, 3.63) is 33.7 Å². The van der Waals surface area contributed by atoms with Gasteiger partial charge in [-0.2, -0.15) is 0 Å². The van der Waals surface area contributed by atoms with E-state index >= 15 is 0 Å². The van der Waals surface area contributed by atoms with Gasteiger partial charge in [-0.15, -0.1) is 0 Å². The number of thiophene rings is 2. The van der Waals surface area contributed by atoms with E-state index in [-0.39, 0.29) is 0 Å². The number of hydrogen-bond acceptors (Lipinski definition) is 2. The van der Waals surface area contributed by atoms with E-state index in [0.717, 1.165) is 0 Å². The fourth-order valence-corrected chi connectivity index (χ4v) is 4.72. The van der Waals surface area contributed by atoms with Crippen molar-refractivity contribution in [2.75, 3.05) is 0 Å². The molecule has 2 rings (SSSR count). The molecule has 0 amide bonds. The first-order valence-corrected chi connectivity index (χ1v) is 6.77. The summed E-state index contributed by atoms with van der Waals surface area (Å²) < 4.78 is 2.97. The molecule has 2 heterocycles. The zero-order chi connectivity index (χ0) is 7.52. The standard InChI is InChI=1S/C8H6S2Se/c1-3-9-5-7(1)11-8-2-4-10-6-8/h1-6H. The van der Waals surface area contributed by atoms with E-state index in [9.17, 15) is 0 Å². The predicted molar refractivity (Wildman–Crippen MR) is 53.7 cm³/mol. The van der Waals surface area contributed by atoms with Crippen molar-refractivity contribution in [3.8, 4) is 0 Å². The van der Waals surface area contributed by atoms with Crippen LogP contribution in [0, 0.1) is 0 Å². The van der Waals surface area contributed by atoms with Crippen molar-refractivity contribution >= 4 is 46.6 Å². The Hall–Kier alpha value is -0.0805. The van der Waals surface area contributed by atoms with Gasteiger partial charge in [0.25, 0.3) is 0 Å². The summed E-state index contributed by atoms with van der Waals surface area (Å²) in [6, 6.07) is 4.42. The molecule has 0 saturated heterocycles. The molecular formula is C8H6S2Se. The molecule has 3 heteroatoms. The van der Waals surface area contributed by atoms with Gasteiger partial charge in [-0.1, -0.05) is 0 Å². The molecule has 2 aromatic rings. The van der Waals surface area contributed by atoms with Gasteiger partial charge in [-0.25, -0.2) is 0 Å². The first kappa shape index (κ1) is 7.56.